The molecule has 2 amide bonds. The van der Waals surface area contributed by atoms with Gasteiger partial charge in [-0.25, -0.2) is 12.8 Å². The van der Waals surface area contributed by atoms with Crippen LogP contribution in [0, 0.1) is 5.82 Å². The summed E-state index contributed by atoms with van der Waals surface area (Å²) in [5.41, 5.74) is -0.271. The first-order valence-corrected chi connectivity index (χ1v) is 17.5. The van der Waals surface area contributed by atoms with Crippen LogP contribution < -0.4 is 9.62 Å². The third kappa shape index (κ3) is 9.26. The average Bonchev–Trinajstić information content (AvgIpc) is 3.10. The molecule has 4 aromatic rings. The predicted octanol–water partition coefficient (Wildman–Crippen LogP) is 7.13. The van der Waals surface area contributed by atoms with E-state index in [1.165, 1.54) is 59.5 Å². The summed E-state index contributed by atoms with van der Waals surface area (Å²) in [4.78, 5) is 29.6. The van der Waals surface area contributed by atoms with Gasteiger partial charge < -0.3 is 10.2 Å². The topological polar surface area (TPSA) is 86.8 Å². The molecule has 0 radical (unpaired) electrons. The lowest BCUT2D eigenvalue weighted by molar-refractivity contribution is -0.140. The molecule has 0 aliphatic heterocycles. The summed E-state index contributed by atoms with van der Waals surface area (Å²) in [6.45, 7) is -1.11. The van der Waals surface area contributed by atoms with Crippen molar-refractivity contribution in [2.24, 2.45) is 0 Å². The lowest BCUT2D eigenvalue weighted by Gasteiger charge is -2.35. The number of amides is 2. The first-order chi connectivity index (χ1) is 23.4. The fourth-order valence-corrected chi connectivity index (χ4v) is 7.40. The third-order valence-corrected chi connectivity index (χ3v) is 10.3. The Labute approximate surface area is 283 Å². The molecule has 1 saturated carbocycles. The maximum Gasteiger partial charge on any atom is 0.416 e. The smallest absolute Gasteiger partial charge is 0.352 e. The molecule has 0 aromatic heterocycles. The summed E-state index contributed by atoms with van der Waals surface area (Å²) in [5.74, 6) is -1.79. The van der Waals surface area contributed by atoms with Crippen LogP contribution in [0.4, 0.5) is 23.2 Å². The number of hydrogen-bond donors (Lipinski definition) is 1. The lowest BCUT2D eigenvalue weighted by atomic mass is 9.94. The van der Waals surface area contributed by atoms with Gasteiger partial charge in [0.25, 0.3) is 10.0 Å². The minimum Gasteiger partial charge on any atom is -0.352 e. The van der Waals surface area contributed by atoms with Crippen molar-refractivity contribution in [3.8, 4) is 0 Å². The van der Waals surface area contributed by atoms with E-state index >= 15 is 0 Å². The number of halogens is 4. The number of benzene rings is 4. The second-order valence-corrected chi connectivity index (χ2v) is 13.9. The molecular formula is C37H37F4N3O4S. The molecule has 0 spiro atoms. The van der Waals surface area contributed by atoms with Gasteiger partial charge in [-0.1, -0.05) is 86.0 Å². The van der Waals surface area contributed by atoms with Crippen LogP contribution in [0.3, 0.4) is 0 Å². The Kier molecular flexibility index (Phi) is 11.4. The zero-order valence-electron chi connectivity index (χ0n) is 26.7. The van der Waals surface area contributed by atoms with Crippen LogP contribution in [-0.4, -0.2) is 43.8 Å². The fourth-order valence-electron chi connectivity index (χ4n) is 5.97. The van der Waals surface area contributed by atoms with Gasteiger partial charge in [0.05, 0.1) is 16.1 Å². The third-order valence-electron chi connectivity index (χ3n) is 8.56. The van der Waals surface area contributed by atoms with E-state index in [0.717, 1.165) is 49.8 Å². The second-order valence-electron chi connectivity index (χ2n) is 12.1. The van der Waals surface area contributed by atoms with E-state index in [4.69, 9.17) is 0 Å². The number of carbonyl (C=O) groups is 2. The minimum absolute atomic E-state index is 0.0708. The van der Waals surface area contributed by atoms with Crippen molar-refractivity contribution in [2.45, 2.75) is 68.2 Å². The molecule has 7 nitrogen and oxygen atoms in total. The van der Waals surface area contributed by atoms with Crippen molar-refractivity contribution in [1.29, 1.82) is 0 Å². The van der Waals surface area contributed by atoms with Gasteiger partial charge in [-0.15, -0.1) is 0 Å². The Balaban J connectivity index is 1.58. The van der Waals surface area contributed by atoms with E-state index in [-0.39, 0.29) is 29.6 Å². The highest BCUT2D eigenvalue weighted by Crippen LogP contribution is 2.33. The summed E-state index contributed by atoms with van der Waals surface area (Å²) in [6.07, 6.45) is -0.235. The van der Waals surface area contributed by atoms with E-state index in [0.29, 0.717) is 15.9 Å². The standard InChI is InChI=1S/C37H37F4N3O4S/c38-30-21-19-28(20-22-30)25-43(34(23-27-11-4-1-5-12-27)36(46)42-31-14-6-2-7-15-31)35(45)26-44(49(47,48)33-17-8-3-9-18-33)32-16-10-13-29(24-32)37(39,40)41/h1,3-5,8-13,16-22,24,31,34H,2,6-7,14-15,23,25-26H2,(H,42,46). The highest BCUT2D eigenvalue weighted by Gasteiger charge is 2.37. The molecule has 4 aromatic carbocycles. The van der Waals surface area contributed by atoms with Crippen molar-refractivity contribution in [3.05, 3.63) is 132 Å². The number of nitrogens with zero attached hydrogens (tertiary/aromatic N) is 2. The van der Waals surface area contributed by atoms with Crippen LogP contribution in [0.5, 0.6) is 0 Å². The number of nitrogens with one attached hydrogen (secondary N) is 1. The maximum absolute atomic E-state index is 14.5. The van der Waals surface area contributed by atoms with Crippen LogP contribution in [-0.2, 0) is 38.8 Å². The van der Waals surface area contributed by atoms with Crippen LogP contribution >= 0.6 is 0 Å². The molecule has 1 aliphatic rings. The zero-order valence-corrected chi connectivity index (χ0v) is 27.5. The van der Waals surface area contributed by atoms with Gasteiger partial charge in [-0.05, 0) is 66.4 Å². The Morgan fingerprint density at radius 3 is 2.06 bits per heavy atom. The predicted molar refractivity (Wildman–Crippen MR) is 178 cm³/mol. The van der Waals surface area contributed by atoms with Crippen LogP contribution in [0.15, 0.2) is 114 Å². The van der Waals surface area contributed by atoms with Crippen molar-refractivity contribution in [1.82, 2.24) is 10.2 Å². The molecule has 5 rings (SSSR count). The molecule has 1 aliphatic carbocycles. The number of hydrogen-bond acceptors (Lipinski definition) is 4. The average molecular weight is 696 g/mol. The highest BCUT2D eigenvalue weighted by atomic mass is 32.2. The Morgan fingerprint density at radius 2 is 1.43 bits per heavy atom. The monoisotopic (exact) mass is 695 g/mol. The van der Waals surface area contributed by atoms with Crippen molar-refractivity contribution < 1.29 is 35.6 Å². The molecule has 0 saturated heterocycles. The van der Waals surface area contributed by atoms with Crippen molar-refractivity contribution >= 4 is 27.5 Å². The van der Waals surface area contributed by atoms with Gasteiger partial charge in [-0.3, -0.25) is 13.9 Å². The van der Waals surface area contributed by atoms with E-state index in [1.807, 2.05) is 6.07 Å². The minimum atomic E-state index is -4.78. The van der Waals surface area contributed by atoms with E-state index in [9.17, 15) is 35.6 Å². The largest absolute Gasteiger partial charge is 0.416 e. The number of rotatable bonds is 12. The van der Waals surface area contributed by atoms with Crippen LogP contribution in [0.2, 0.25) is 0 Å². The molecule has 1 atom stereocenters. The molecular weight excluding hydrogens is 658 g/mol. The van der Waals surface area contributed by atoms with Crippen LogP contribution in [0.25, 0.3) is 0 Å². The summed E-state index contributed by atoms with van der Waals surface area (Å²) in [6, 6.07) is 23.9. The van der Waals surface area contributed by atoms with Crippen molar-refractivity contribution in [3.63, 3.8) is 0 Å². The molecule has 0 bridgehead atoms. The Bertz CT molecular complexity index is 1820. The maximum atomic E-state index is 14.5. The van der Waals surface area contributed by atoms with Crippen LogP contribution in [0.1, 0.15) is 48.8 Å². The van der Waals surface area contributed by atoms with Gasteiger partial charge in [0.1, 0.15) is 18.4 Å². The normalized spacial score (nSPS) is 14.5. The molecule has 12 heteroatoms. The first kappa shape index (κ1) is 35.6. The summed E-state index contributed by atoms with van der Waals surface area (Å²) in [5, 5.41) is 3.08. The van der Waals surface area contributed by atoms with Crippen molar-refractivity contribution in [2.75, 3.05) is 10.8 Å². The fraction of sp³-hybridized carbons (Fsp3) is 0.297. The van der Waals surface area contributed by atoms with Gasteiger partial charge in [0.2, 0.25) is 11.8 Å². The molecule has 1 fully saturated rings. The second kappa shape index (κ2) is 15.7. The number of alkyl halides is 3. The zero-order chi connectivity index (χ0) is 35.0. The van der Waals surface area contributed by atoms with Gasteiger partial charge in [0, 0.05) is 19.0 Å². The highest BCUT2D eigenvalue weighted by molar-refractivity contribution is 7.92. The number of anilines is 1. The number of sulfonamides is 1. The summed E-state index contributed by atoms with van der Waals surface area (Å²) in [7, 11) is -4.58. The van der Waals surface area contributed by atoms with Gasteiger partial charge in [0.15, 0.2) is 0 Å². The molecule has 1 N–H and O–H groups in total. The molecule has 1 unspecified atom stereocenters. The first-order valence-electron chi connectivity index (χ1n) is 16.0. The SMILES string of the molecule is O=C(NC1CCCCC1)C(Cc1ccccc1)N(Cc1ccc(F)cc1)C(=O)CN(c1cccc(C(F)(F)F)c1)S(=O)(=O)c1ccccc1. The summed E-state index contributed by atoms with van der Waals surface area (Å²) >= 11 is 0. The summed E-state index contributed by atoms with van der Waals surface area (Å²) < 4.78 is 84.0. The quantitative estimate of drug-likeness (QED) is 0.160. The van der Waals surface area contributed by atoms with Gasteiger partial charge >= 0.3 is 6.18 Å². The van der Waals surface area contributed by atoms with Gasteiger partial charge in [-0.2, -0.15) is 13.2 Å². The molecule has 0 heterocycles. The number of carbonyl (C=O) groups excluding carboxylic acids is 2. The van der Waals surface area contributed by atoms with E-state index in [1.54, 1.807) is 30.3 Å². The molecule has 49 heavy (non-hydrogen) atoms. The lowest BCUT2D eigenvalue weighted by Crippen LogP contribution is -2.55. The molecule has 258 valence electrons. The Morgan fingerprint density at radius 1 is 0.796 bits per heavy atom. The Hall–Kier alpha value is -4.71. The van der Waals surface area contributed by atoms with E-state index < -0.39 is 52.0 Å². The van der Waals surface area contributed by atoms with E-state index in [2.05, 4.69) is 5.32 Å².